The van der Waals surface area contributed by atoms with Crippen molar-refractivity contribution in [3.8, 4) is 0 Å². The zero-order valence-electron chi connectivity index (χ0n) is 12.0. The highest BCUT2D eigenvalue weighted by molar-refractivity contribution is 5.71. The van der Waals surface area contributed by atoms with E-state index < -0.39 is 0 Å². The van der Waals surface area contributed by atoms with Crippen molar-refractivity contribution in [2.45, 2.75) is 18.9 Å². The lowest BCUT2D eigenvalue weighted by Crippen LogP contribution is -2.29. The third kappa shape index (κ3) is 1.88. The van der Waals surface area contributed by atoms with Gasteiger partial charge in [0.25, 0.3) is 5.56 Å². The van der Waals surface area contributed by atoms with E-state index in [1.807, 2.05) is 17.8 Å². The topological polar surface area (TPSA) is 70.5 Å². The summed E-state index contributed by atoms with van der Waals surface area (Å²) in [4.78, 5) is 21.5. The Bertz CT molecular complexity index is 869. The molecule has 1 aliphatic carbocycles. The van der Waals surface area contributed by atoms with E-state index in [9.17, 15) is 4.79 Å². The first-order chi connectivity index (χ1) is 10.1. The normalized spacial score (nSPS) is 16.5. The van der Waals surface area contributed by atoms with Crippen molar-refractivity contribution in [2.75, 3.05) is 0 Å². The van der Waals surface area contributed by atoms with Crippen molar-refractivity contribution in [1.82, 2.24) is 28.9 Å². The van der Waals surface area contributed by atoms with Gasteiger partial charge >= 0.3 is 0 Å². The summed E-state index contributed by atoms with van der Waals surface area (Å²) >= 11 is 0. The summed E-state index contributed by atoms with van der Waals surface area (Å²) in [6, 6.07) is -0.0589. The fraction of sp³-hybridized carbons (Fsp3) is 0.429. The van der Waals surface area contributed by atoms with E-state index in [1.165, 1.54) is 0 Å². The lowest BCUT2D eigenvalue weighted by molar-refractivity contribution is 0.463. The molecule has 3 heterocycles. The Morgan fingerprint density at radius 2 is 2.10 bits per heavy atom. The van der Waals surface area contributed by atoms with E-state index in [0.717, 1.165) is 18.7 Å². The molecule has 7 nitrogen and oxygen atoms in total. The number of aryl methyl sites for hydroxylation is 2. The summed E-state index contributed by atoms with van der Waals surface area (Å²) in [5.74, 6) is 1.35. The van der Waals surface area contributed by atoms with Gasteiger partial charge in [-0.2, -0.15) is 5.10 Å². The Labute approximate surface area is 120 Å². The van der Waals surface area contributed by atoms with Crippen LogP contribution in [-0.2, 0) is 14.1 Å². The van der Waals surface area contributed by atoms with Crippen molar-refractivity contribution < 1.29 is 0 Å². The molecule has 4 rings (SSSR count). The quantitative estimate of drug-likeness (QED) is 0.715. The Kier molecular flexibility index (Phi) is 2.51. The maximum absolute atomic E-state index is 12.7. The van der Waals surface area contributed by atoms with E-state index in [1.54, 1.807) is 35.0 Å². The minimum absolute atomic E-state index is 0.0589. The van der Waals surface area contributed by atoms with Crippen molar-refractivity contribution in [2.24, 2.45) is 20.0 Å². The van der Waals surface area contributed by atoms with E-state index in [4.69, 9.17) is 0 Å². The van der Waals surface area contributed by atoms with Crippen LogP contribution in [0.4, 0.5) is 0 Å². The molecule has 1 aliphatic rings. The van der Waals surface area contributed by atoms with Crippen molar-refractivity contribution in [3.05, 3.63) is 41.1 Å². The number of nitrogens with zero attached hydrogens (tertiary/aromatic N) is 6. The highest BCUT2D eigenvalue weighted by atomic mass is 16.1. The minimum atomic E-state index is -0.0968. The van der Waals surface area contributed by atoms with Gasteiger partial charge in [-0.3, -0.25) is 14.0 Å². The highest BCUT2D eigenvalue weighted by Gasteiger charge is 2.37. The SMILES string of the molecule is Cn1cc2ncn([C@@H](c3nccn3C)C3CC3)c(=O)c2n1. The molecule has 108 valence electrons. The second kappa shape index (κ2) is 4.28. The molecule has 0 amide bonds. The standard InChI is InChI=1S/C14H16N6O/c1-18-6-5-15-13(18)12(9-3-4-9)20-8-16-10-7-19(2)17-11(10)14(20)21/h5-9,12H,3-4H2,1-2H3/t12-/m1/s1. The minimum Gasteiger partial charge on any atom is -0.336 e. The van der Waals surface area contributed by atoms with E-state index in [0.29, 0.717) is 17.0 Å². The van der Waals surface area contributed by atoms with Crippen LogP contribution >= 0.6 is 0 Å². The molecule has 0 saturated heterocycles. The molecule has 0 unspecified atom stereocenters. The molecule has 0 aliphatic heterocycles. The Balaban J connectivity index is 1.92. The molecule has 7 heteroatoms. The van der Waals surface area contributed by atoms with Crippen LogP contribution in [0.3, 0.4) is 0 Å². The zero-order valence-corrected chi connectivity index (χ0v) is 12.0. The van der Waals surface area contributed by atoms with Gasteiger partial charge in [0.1, 0.15) is 11.3 Å². The monoisotopic (exact) mass is 284 g/mol. The summed E-state index contributed by atoms with van der Waals surface area (Å²) in [5, 5.41) is 4.23. The van der Waals surface area contributed by atoms with Crippen LogP contribution in [0.15, 0.2) is 29.7 Å². The van der Waals surface area contributed by atoms with Crippen LogP contribution in [-0.4, -0.2) is 28.9 Å². The van der Waals surface area contributed by atoms with Crippen LogP contribution in [0.1, 0.15) is 24.7 Å². The fourth-order valence-corrected chi connectivity index (χ4v) is 2.86. The first kappa shape index (κ1) is 12.3. The molecule has 0 bridgehead atoms. The molecule has 1 saturated carbocycles. The molecule has 0 N–H and O–H groups in total. The predicted molar refractivity (Wildman–Crippen MR) is 76.8 cm³/mol. The number of hydrogen-bond donors (Lipinski definition) is 0. The smallest absolute Gasteiger partial charge is 0.282 e. The number of hydrogen-bond acceptors (Lipinski definition) is 4. The van der Waals surface area contributed by atoms with Crippen LogP contribution in [0.5, 0.6) is 0 Å². The fourth-order valence-electron chi connectivity index (χ4n) is 2.86. The largest absolute Gasteiger partial charge is 0.336 e. The predicted octanol–water partition coefficient (Wildman–Crippen LogP) is 0.863. The third-order valence-corrected chi connectivity index (χ3v) is 4.06. The van der Waals surface area contributed by atoms with Gasteiger partial charge in [-0.15, -0.1) is 0 Å². The van der Waals surface area contributed by atoms with Gasteiger partial charge in [0.2, 0.25) is 0 Å². The lowest BCUT2D eigenvalue weighted by Gasteiger charge is -2.18. The van der Waals surface area contributed by atoms with Crippen LogP contribution in [0.25, 0.3) is 11.0 Å². The Hall–Kier alpha value is -2.44. The van der Waals surface area contributed by atoms with Crippen molar-refractivity contribution in [3.63, 3.8) is 0 Å². The summed E-state index contributed by atoms with van der Waals surface area (Å²) in [6.07, 6.45) is 9.29. The molecule has 3 aromatic heterocycles. The maximum Gasteiger partial charge on any atom is 0.282 e. The second-order valence-corrected chi connectivity index (χ2v) is 5.67. The van der Waals surface area contributed by atoms with Gasteiger partial charge in [0, 0.05) is 26.5 Å². The molecule has 3 aromatic rings. The van der Waals surface area contributed by atoms with E-state index in [-0.39, 0.29) is 11.6 Å². The molecule has 0 aromatic carbocycles. The highest BCUT2D eigenvalue weighted by Crippen LogP contribution is 2.42. The third-order valence-electron chi connectivity index (χ3n) is 4.06. The summed E-state index contributed by atoms with van der Waals surface area (Å²) in [5.41, 5.74) is 0.952. The van der Waals surface area contributed by atoms with Crippen molar-refractivity contribution in [1.29, 1.82) is 0 Å². The van der Waals surface area contributed by atoms with E-state index in [2.05, 4.69) is 15.1 Å². The average molecular weight is 284 g/mol. The molecule has 1 fully saturated rings. The van der Waals surface area contributed by atoms with Gasteiger partial charge < -0.3 is 4.57 Å². The summed E-state index contributed by atoms with van der Waals surface area (Å²) < 4.78 is 5.28. The first-order valence-corrected chi connectivity index (χ1v) is 7.03. The van der Waals surface area contributed by atoms with Crippen molar-refractivity contribution >= 4 is 11.0 Å². The van der Waals surface area contributed by atoms with Crippen LogP contribution in [0, 0.1) is 5.92 Å². The molecular weight excluding hydrogens is 268 g/mol. The molecule has 0 radical (unpaired) electrons. The number of imidazole rings is 1. The number of fused-ring (bicyclic) bond motifs is 1. The Morgan fingerprint density at radius 1 is 1.29 bits per heavy atom. The lowest BCUT2D eigenvalue weighted by atomic mass is 10.1. The average Bonchev–Trinajstić information content (AvgIpc) is 3.08. The summed E-state index contributed by atoms with van der Waals surface area (Å²) in [7, 11) is 3.75. The van der Waals surface area contributed by atoms with Gasteiger partial charge in [0.15, 0.2) is 5.52 Å². The molecule has 0 spiro atoms. The summed E-state index contributed by atoms with van der Waals surface area (Å²) in [6.45, 7) is 0. The van der Waals surface area contributed by atoms with Crippen LogP contribution in [0.2, 0.25) is 0 Å². The van der Waals surface area contributed by atoms with Gasteiger partial charge in [-0.25, -0.2) is 9.97 Å². The second-order valence-electron chi connectivity index (χ2n) is 5.67. The molecule has 21 heavy (non-hydrogen) atoms. The first-order valence-electron chi connectivity index (χ1n) is 7.03. The van der Waals surface area contributed by atoms with Gasteiger partial charge in [0.05, 0.1) is 18.6 Å². The Morgan fingerprint density at radius 3 is 2.76 bits per heavy atom. The molecule has 1 atom stereocenters. The molecular formula is C14H16N6O. The van der Waals surface area contributed by atoms with Crippen LogP contribution < -0.4 is 5.56 Å². The van der Waals surface area contributed by atoms with E-state index >= 15 is 0 Å². The number of rotatable bonds is 3. The van der Waals surface area contributed by atoms with Gasteiger partial charge in [-0.05, 0) is 18.8 Å². The zero-order chi connectivity index (χ0) is 14.6. The maximum atomic E-state index is 12.7. The van der Waals surface area contributed by atoms with Gasteiger partial charge in [-0.1, -0.05) is 0 Å². The number of aromatic nitrogens is 6.